The van der Waals surface area contributed by atoms with Crippen LogP contribution in [0, 0.1) is 0 Å². The van der Waals surface area contributed by atoms with E-state index in [1.54, 1.807) is 24.3 Å². The van der Waals surface area contributed by atoms with Gasteiger partial charge in [-0.3, -0.25) is 4.79 Å². The summed E-state index contributed by atoms with van der Waals surface area (Å²) in [5, 5.41) is 3.08. The Balaban J connectivity index is 1.44. The number of carbonyl (C=O) groups excluding carboxylic acids is 2. The lowest BCUT2D eigenvalue weighted by Crippen LogP contribution is -2.40. The summed E-state index contributed by atoms with van der Waals surface area (Å²) in [4.78, 5) is 23.8. The number of nitrogens with zero attached hydrogens (tertiary/aromatic N) is 1. The number of amides is 1. The van der Waals surface area contributed by atoms with Crippen molar-refractivity contribution in [3.8, 4) is 5.75 Å². The monoisotopic (exact) mass is 468 g/mol. The quantitative estimate of drug-likeness (QED) is 0.589. The molecule has 31 heavy (non-hydrogen) atoms. The van der Waals surface area contributed by atoms with Gasteiger partial charge in [-0.25, -0.2) is 13.2 Å². The lowest BCUT2D eigenvalue weighted by atomic mass is 10.3. The van der Waals surface area contributed by atoms with Crippen molar-refractivity contribution in [2.75, 3.05) is 44.8 Å². The van der Waals surface area contributed by atoms with Crippen LogP contribution in [0.5, 0.6) is 5.75 Å². The van der Waals surface area contributed by atoms with E-state index >= 15 is 0 Å². The van der Waals surface area contributed by atoms with Crippen molar-refractivity contribution in [2.24, 2.45) is 0 Å². The molecule has 1 heterocycles. The molecule has 1 aliphatic heterocycles. The first kappa shape index (κ1) is 23.0. The molecule has 0 atom stereocenters. The molecule has 0 aliphatic carbocycles. The number of nitrogens with one attached hydrogen (secondary N) is 1. The highest BCUT2D eigenvalue weighted by Gasteiger charge is 2.26. The van der Waals surface area contributed by atoms with Gasteiger partial charge in [0.05, 0.1) is 18.1 Å². The standard InChI is InChI=1S/C20H21ClN2O7S/c21-15-1-5-17(6-2-15)29-14-20(25)30-13-19(24)22-16-3-7-18(8-4-16)31(26,27)23-9-11-28-12-10-23/h1-8H,9-14H2,(H,22,24). The number of morpholine rings is 1. The van der Waals surface area contributed by atoms with Gasteiger partial charge < -0.3 is 19.5 Å². The van der Waals surface area contributed by atoms with Gasteiger partial charge in [0.2, 0.25) is 10.0 Å². The van der Waals surface area contributed by atoms with Gasteiger partial charge in [-0.15, -0.1) is 0 Å². The van der Waals surface area contributed by atoms with E-state index in [0.717, 1.165) is 0 Å². The topological polar surface area (TPSA) is 111 Å². The van der Waals surface area contributed by atoms with E-state index in [2.05, 4.69) is 5.32 Å². The zero-order valence-electron chi connectivity index (χ0n) is 16.5. The molecule has 0 spiro atoms. The van der Waals surface area contributed by atoms with E-state index in [1.165, 1.54) is 28.6 Å². The largest absolute Gasteiger partial charge is 0.482 e. The van der Waals surface area contributed by atoms with Crippen LogP contribution < -0.4 is 10.1 Å². The average molecular weight is 469 g/mol. The highest BCUT2D eigenvalue weighted by molar-refractivity contribution is 7.89. The number of anilines is 1. The predicted octanol–water partition coefficient (Wildman–Crippen LogP) is 1.92. The number of ether oxygens (including phenoxy) is 3. The molecule has 0 radical (unpaired) electrons. The molecule has 1 aliphatic rings. The number of esters is 1. The molecule has 2 aromatic rings. The first-order valence-corrected chi connectivity index (χ1v) is 11.2. The molecule has 0 saturated carbocycles. The highest BCUT2D eigenvalue weighted by Crippen LogP contribution is 2.19. The molecule has 0 unspecified atom stereocenters. The maximum Gasteiger partial charge on any atom is 0.344 e. The zero-order valence-corrected chi connectivity index (χ0v) is 18.0. The third-order valence-electron chi connectivity index (χ3n) is 4.28. The van der Waals surface area contributed by atoms with E-state index < -0.39 is 28.5 Å². The van der Waals surface area contributed by atoms with Crippen molar-refractivity contribution in [2.45, 2.75) is 4.90 Å². The van der Waals surface area contributed by atoms with Crippen molar-refractivity contribution in [1.82, 2.24) is 4.31 Å². The highest BCUT2D eigenvalue weighted by atomic mass is 35.5. The van der Waals surface area contributed by atoms with Gasteiger partial charge in [0.15, 0.2) is 13.2 Å². The summed E-state index contributed by atoms with van der Waals surface area (Å²) >= 11 is 5.76. The second-order valence-corrected chi connectivity index (χ2v) is 8.87. The molecular formula is C20H21ClN2O7S. The Labute approximate surface area is 184 Å². The van der Waals surface area contributed by atoms with Crippen molar-refractivity contribution >= 4 is 39.2 Å². The molecule has 11 heteroatoms. The number of benzene rings is 2. The summed E-state index contributed by atoms with van der Waals surface area (Å²) in [6.07, 6.45) is 0. The van der Waals surface area contributed by atoms with Crippen molar-refractivity contribution in [1.29, 1.82) is 0 Å². The number of hydrogen-bond donors (Lipinski definition) is 1. The van der Waals surface area contributed by atoms with E-state index in [4.69, 9.17) is 25.8 Å². The van der Waals surface area contributed by atoms with Crippen LogP contribution in [0.2, 0.25) is 5.02 Å². The molecule has 1 N–H and O–H groups in total. The Kier molecular flexibility index (Phi) is 7.85. The summed E-state index contributed by atoms with van der Waals surface area (Å²) in [5.74, 6) is -0.835. The molecule has 1 saturated heterocycles. The van der Waals surface area contributed by atoms with Gasteiger partial charge in [0.25, 0.3) is 5.91 Å². The first-order valence-electron chi connectivity index (χ1n) is 9.36. The Morgan fingerprint density at radius 1 is 1.00 bits per heavy atom. The van der Waals surface area contributed by atoms with Gasteiger partial charge in [-0.05, 0) is 48.5 Å². The Bertz CT molecular complexity index is 1000. The second kappa shape index (κ2) is 10.6. The number of sulfonamides is 1. The molecule has 166 valence electrons. The molecule has 9 nitrogen and oxygen atoms in total. The van der Waals surface area contributed by atoms with E-state index in [9.17, 15) is 18.0 Å². The molecule has 0 aromatic heterocycles. The Morgan fingerprint density at radius 2 is 1.65 bits per heavy atom. The Hall–Kier alpha value is -2.66. The lowest BCUT2D eigenvalue weighted by molar-refractivity contribution is -0.149. The fourth-order valence-corrected chi connectivity index (χ4v) is 4.24. The van der Waals surface area contributed by atoms with E-state index in [1.807, 2.05) is 0 Å². The van der Waals surface area contributed by atoms with Crippen molar-refractivity contribution in [3.05, 3.63) is 53.6 Å². The summed E-state index contributed by atoms with van der Waals surface area (Å²) < 4.78 is 41.8. The molecular weight excluding hydrogens is 448 g/mol. The number of halogens is 1. The molecule has 1 fully saturated rings. The van der Waals surface area contributed by atoms with E-state index in [-0.39, 0.29) is 11.5 Å². The summed E-state index contributed by atoms with van der Waals surface area (Å²) in [6.45, 7) is 0.454. The number of hydrogen-bond acceptors (Lipinski definition) is 7. The fraction of sp³-hybridized carbons (Fsp3) is 0.300. The minimum atomic E-state index is -3.61. The molecule has 3 rings (SSSR count). The number of rotatable bonds is 8. The average Bonchev–Trinajstić information content (AvgIpc) is 2.78. The summed E-state index contributed by atoms with van der Waals surface area (Å²) in [5.41, 5.74) is 0.374. The number of carbonyl (C=O) groups is 2. The summed E-state index contributed by atoms with van der Waals surface area (Å²) in [6, 6.07) is 12.2. The lowest BCUT2D eigenvalue weighted by Gasteiger charge is -2.26. The van der Waals surface area contributed by atoms with Crippen molar-refractivity contribution in [3.63, 3.8) is 0 Å². The third kappa shape index (κ3) is 6.66. The SMILES string of the molecule is O=C(COC(=O)COc1ccc(Cl)cc1)Nc1ccc(S(=O)(=O)N2CCOCC2)cc1. The zero-order chi connectivity index (χ0) is 22.3. The van der Waals surface area contributed by atoms with Crippen LogP contribution in [0.25, 0.3) is 0 Å². The van der Waals surface area contributed by atoms with Gasteiger partial charge in [-0.1, -0.05) is 11.6 Å². The van der Waals surface area contributed by atoms with Crippen LogP contribution >= 0.6 is 11.6 Å². The van der Waals surface area contributed by atoms with Gasteiger partial charge in [0.1, 0.15) is 5.75 Å². The molecule has 0 bridgehead atoms. The van der Waals surface area contributed by atoms with Crippen molar-refractivity contribution < 1.29 is 32.2 Å². The van der Waals surface area contributed by atoms with Crippen LogP contribution in [-0.2, 0) is 29.1 Å². The predicted molar refractivity (Wildman–Crippen MR) is 113 cm³/mol. The fourth-order valence-electron chi connectivity index (χ4n) is 2.70. The van der Waals surface area contributed by atoms with Gasteiger partial charge >= 0.3 is 5.97 Å². The minimum Gasteiger partial charge on any atom is -0.482 e. The molecule has 2 aromatic carbocycles. The smallest absolute Gasteiger partial charge is 0.344 e. The van der Waals surface area contributed by atoms with Crippen LogP contribution in [0.1, 0.15) is 0 Å². The van der Waals surface area contributed by atoms with Crippen LogP contribution in [-0.4, -0.2) is 64.1 Å². The van der Waals surface area contributed by atoms with E-state index in [0.29, 0.717) is 42.8 Å². The normalized spacial score (nSPS) is 14.6. The van der Waals surface area contributed by atoms with Crippen LogP contribution in [0.3, 0.4) is 0 Å². The molecule has 1 amide bonds. The maximum absolute atomic E-state index is 12.6. The van der Waals surface area contributed by atoms with Gasteiger partial charge in [0, 0.05) is 23.8 Å². The van der Waals surface area contributed by atoms with Gasteiger partial charge in [-0.2, -0.15) is 4.31 Å². The van der Waals surface area contributed by atoms with Crippen LogP contribution in [0.4, 0.5) is 5.69 Å². The Morgan fingerprint density at radius 3 is 2.29 bits per heavy atom. The third-order valence-corrected chi connectivity index (χ3v) is 6.45. The second-order valence-electron chi connectivity index (χ2n) is 6.49. The van der Waals surface area contributed by atoms with Crippen LogP contribution in [0.15, 0.2) is 53.4 Å². The summed E-state index contributed by atoms with van der Waals surface area (Å²) in [7, 11) is -3.61. The maximum atomic E-state index is 12.6. The first-order chi connectivity index (χ1) is 14.8. The minimum absolute atomic E-state index is 0.123.